The third-order valence-corrected chi connectivity index (χ3v) is 7.27. The van der Waals surface area contributed by atoms with Gasteiger partial charge in [0, 0.05) is 7.05 Å². The number of carbonyl (C=O) groups is 2. The number of rotatable bonds is 7. The Morgan fingerprint density at radius 3 is 2.44 bits per heavy atom. The van der Waals surface area contributed by atoms with E-state index in [9.17, 15) is 9.59 Å². The van der Waals surface area contributed by atoms with Gasteiger partial charge in [0.1, 0.15) is 6.61 Å². The highest BCUT2D eigenvalue weighted by molar-refractivity contribution is 8.18. The number of fused-ring (bicyclic) bond motifs is 1. The number of nitrogens with zero attached hydrogens (tertiary/aromatic N) is 2. The van der Waals surface area contributed by atoms with Crippen molar-refractivity contribution in [2.45, 2.75) is 6.61 Å². The van der Waals surface area contributed by atoms with Crippen LogP contribution in [0.15, 0.2) is 94.8 Å². The van der Waals surface area contributed by atoms with Crippen LogP contribution in [0.3, 0.4) is 0 Å². The standard InChI is InChI=1S/C31H26N2O5S/c1-33-29(34)28(39-31(33)32-25-13-11-23(12-14-25)30(35)37-3)18-20-9-15-26(27(17-20)36-2)38-19-21-8-10-22-6-4-5-7-24(22)16-21/h4-18H,19H2,1-3H3/b28-18+,32-31?. The molecule has 8 heteroatoms. The lowest BCUT2D eigenvalue weighted by Gasteiger charge is -2.12. The molecule has 0 spiro atoms. The molecule has 0 bridgehead atoms. The van der Waals surface area contributed by atoms with E-state index in [1.54, 1.807) is 38.4 Å². The van der Waals surface area contributed by atoms with Gasteiger partial charge in [-0.1, -0.05) is 42.5 Å². The lowest BCUT2D eigenvalue weighted by molar-refractivity contribution is -0.121. The molecule has 5 rings (SSSR count). The Morgan fingerprint density at radius 1 is 0.923 bits per heavy atom. The minimum atomic E-state index is -0.414. The van der Waals surface area contributed by atoms with Gasteiger partial charge in [-0.3, -0.25) is 9.69 Å². The number of likely N-dealkylation sites (N-methyl/N-ethyl adjacent to an activating group) is 1. The van der Waals surface area contributed by atoms with E-state index in [2.05, 4.69) is 35.3 Å². The molecule has 1 saturated heterocycles. The van der Waals surface area contributed by atoms with Crippen LogP contribution < -0.4 is 9.47 Å². The van der Waals surface area contributed by atoms with Gasteiger partial charge in [0.05, 0.1) is 30.4 Å². The van der Waals surface area contributed by atoms with Crippen molar-refractivity contribution in [2.24, 2.45) is 4.99 Å². The summed E-state index contributed by atoms with van der Waals surface area (Å²) in [7, 11) is 4.61. The van der Waals surface area contributed by atoms with Gasteiger partial charge < -0.3 is 14.2 Å². The predicted molar refractivity (Wildman–Crippen MR) is 154 cm³/mol. The van der Waals surface area contributed by atoms with Gasteiger partial charge in [-0.2, -0.15) is 0 Å². The van der Waals surface area contributed by atoms with E-state index in [0.717, 1.165) is 16.5 Å². The average molecular weight is 539 g/mol. The third-order valence-electron chi connectivity index (χ3n) is 6.21. The number of thioether (sulfide) groups is 1. The SMILES string of the molecule is COC(=O)c1ccc(N=C2S/C(=C/c3ccc(OCc4ccc5ccccc5c4)c(OC)c3)C(=O)N2C)cc1. The molecule has 39 heavy (non-hydrogen) atoms. The van der Waals surface area contributed by atoms with Gasteiger partial charge >= 0.3 is 5.97 Å². The van der Waals surface area contributed by atoms with Gasteiger partial charge in [-0.05, 0) is 82.2 Å². The number of amidine groups is 1. The van der Waals surface area contributed by atoms with Gasteiger partial charge in [0.2, 0.25) is 0 Å². The number of carbonyl (C=O) groups excluding carboxylic acids is 2. The van der Waals surface area contributed by atoms with Crippen molar-refractivity contribution in [3.05, 3.63) is 107 Å². The van der Waals surface area contributed by atoms with Crippen LogP contribution in [0.5, 0.6) is 11.5 Å². The minimum Gasteiger partial charge on any atom is -0.493 e. The van der Waals surface area contributed by atoms with Gasteiger partial charge in [0.25, 0.3) is 5.91 Å². The highest BCUT2D eigenvalue weighted by atomic mass is 32.2. The fourth-order valence-electron chi connectivity index (χ4n) is 4.09. The van der Waals surface area contributed by atoms with Crippen molar-refractivity contribution in [2.75, 3.05) is 21.3 Å². The number of amides is 1. The van der Waals surface area contributed by atoms with Crippen molar-refractivity contribution in [1.29, 1.82) is 0 Å². The van der Waals surface area contributed by atoms with Crippen LogP contribution in [0.2, 0.25) is 0 Å². The number of methoxy groups -OCH3 is 2. The molecule has 0 atom stereocenters. The molecule has 1 fully saturated rings. The van der Waals surface area contributed by atoms with Crippen LogP contribution in [-0.4, -0.2) is 43.2 Å². The zero-order valence-electron chi connectivity index (χ0n) is 21.7. The number of hydrogen-bond acceptors (Lipinski definition) is 7. The first-order valence-corrected chi connectivity index (χ1v) is 13.0. The van der Waals surface area contributed by atoms with Gasteiger partial charge in [-0.15, -0.1) is 0 Å². The molecular formula is C31H26N2O5S. The monoisotopic (exact) mass is 538 g/mol. The number of benzene rings is 4. The molecule has 0 saturated carbocycles. The second-order valence-electron chi connectivity index (χ2n) is 8.79. The lowest BCUT2D eigenvalue weighted by atomic mass is 10.1. The van der Waals surface area contributed by atoms with Crippen molar-refractivity contribution in [3.63, 3.8) is 0 Å². The summed E-state index contributed by atoms with van der Waals surface area (Å²) in [6.45, 7) is 0.404. The fraction of sp³-hybridized carbons (Fsp3) is 0.129. The lowest BCUT2D eigenvalue weighted by Crippen LogP contribution is -2.23. The molecule has 0 aliphatic carbocycles. The minimum absolute atomic E-state index is 0.152. The maximum absolute atomic E-state index is 12.9. The first-order valence-electron chi connectivity index (χ1n) is 12.2. The van der Waals surface area contributed by atoms with Crippen LogP contribution in [0, 0.1) is 0 Å². The van der Waals surface area contributed by atoms with Crippen molar-refractivity contribution < 1.29 is 23.8 Å². The molecule has 4 aromatic carbocycles. The zero-order valence-corrected chi connectivity index (χ0v) is 22.5. The van der Waals surface area contributed by atoms with Gasteiger partial charge in [-0.25, -0.2) is 9.79 Å². The van der Waals surface area contributed by atoms with E-state index in [1.807, 2.05) is 36.4 Å². The summed E-state index contributed by atoms with van der Waals surface area (Å²) in [5.41, 5.74) is 2.92. The van der Waals surface area contributed by atoms with E-state index >= 15 is 0 Å². The Bertz CT molecular complexity index is 1610. The van der Waals surface area contributed by atoms with E-state index in [1.165, 1.54) is 29.2 Å². The Morgan fingerprint density at radius 2 is 1.69 bits per heavy atom. The topological polar surface area (TPSA) is 77.4 Å². The molecule has 7 nitrogen and oxygen atoms in total. The zero-order chi connectivity index (χ0) is 27.4. The molecule has 1 heterocycles. The maximum atomic E-state index is 12.9. The first-order chi connectivity index (χ1) is 18.9. The summed E-state index contributed by atoms with van der Waals surface area (Å²) in [6, 6.07) is 26.7. The third kappa shape index (κ3) is 5.81. The molecule has 0 N–H and O–H groups in total. The number of esters is 1. The fourth-order valence-corrected chi connectivity index (χ4v) is 5.07. The summed E-state index contributed by atoms with van der Waals surface area (Å²) in [4.78, 5) is 31.2. The number of aliphatic imine (C=N–C) groups is 1. The van der Waals surface area contributed by atoms with Crippen LogP contribution in [0.25, 0.3) is 16.8 Å². The summed E-state index contributed by atoms with van der Waals surface area (Å²) >= 11 is 1.28. The molecule has 0 radical (unpaired) electrons. The quantitative estimate of drug-likeness (QED) is 0.199. The van der Waals surface area contributed by atoms with E-state index in [4.69, 9.17) is 14.2 Å². The second kappa shape index (κ2) is 11.4. The van der Waals surface area contributed by atoms with Crippen molar-refractivity contribution >= 4 is 51.3 Å². The molecule has 1 amide bonds. The van der Waals surface area contributed by atoms with Gasteiger partial charge in [0.15, 0.2) is 16.7 Å². The van der Waals surface area contributed by atoms with Crippen LogP contribution >= 0.6 is 11.8 Å². The smallest absolute Gasteiger partial charge is 0.337 e. The summed E-state index contributed by atoms with van der Waals surface area (Å²) in [5, 5.41) is 2.89. The molecule has 1 aliphatic heterocycles. The Balaban J connectivity index is 1.30. The second-order valence-corrected chi connectivity index (χ2v) is 9.80. The molecule has 0 aromatic heterocycles. The largest absolute Gasteiger partial charge is 0.493 e. The highest BCUT2D eigenvalue weighted by Crippen LogP contribution is 2.35. The Hall–Kier alpha value is -4.56. The van der Waals surface area contributed by atoms with E-state index < -0.39 is 5.97 Å². The normalized spacial score (nSPS) is 15.3. The van der Waals surface area contributed by atoms with Crippen molar-refractivity contribution in [1.82, 2.24) is 4.90 Å². The molecule has 0 unspecified atom stereocenters. The summed E-state index contributed by atoms with van der Waals surface area (Å²) in [6.07, 6.45) is 1.81. The Kier molecular flexibility index (Phi) is 7.65. The summed E-state index contributed by atoms with van der Waals surface area (Å²) in [5.74, 6) is 0.629. The first kappa shape index (κ1) is 26.1. The number of hydrogen-bond donors (Lipinski definition) is 0. The predicted octanol–water partition coefficient (Wildman–Crippen LogP) is 6.45. The molecule has 1 aliphatic rings. The Labute approximate surface area is 230 Å². The van der Waals surface area contributed by atoms with E-state index in [0.29, 0.717) is 39.4 Å². The highest BCUT2D eigenvalue weighted by Gasteiger charge is 2.30. The average Bonchev–Trinajstić information content (AvgIpc) is 3.23. The van der Waals surface area contributed by atoms with Crippen LogP contribution in [0.1, 0.15) is 21.5 Å². The molecular weight excluding hydrogens is 512 g/mol. The summed E-state index contributed by atoms with van der Waals surface area (Å²) < 4.78 is 16.4. The van der Waals surface area contributed by atoms with Crippen LogP contribution in [-0.2, 0) is 16.1 Å². The maximum Gasteiger partial charge on any atom is 0.337 e. The number of ether oxygens (including phenoxy) is 3. The molecule has 4 aromatic rings. The van der Waals surface area contributed by atoms with E-state index in [-0.39, 0.29) is 5.91 Å². The molecule has 196 valence electrons. The van der Waals surface area contributed by atoms with Crippen LogP contribution in [0.4, 0.5) is 5.69 Å². The van der Waals surface area contributed by atoms with Crippen molar-refractivity contribution in [3.8, 4) is 11.5 Å².